The Morgan fingerprint density at radius 2 is 1.87 bits per heavy atom. The Morgan fingerprint density at radius 3 is 2.65 bits per heavy atom. The van der Waals surface area contributed by atoms with E-state index in [9.17, 15) is 18.0 Å². The van der Waals surface area contributed by atoms with Gasteiger partial charge in [-0.3, -0.25) is 4.79 Å². The largest absolute Gasteiger partial charge is 0.323 e. The highest BCUT2D eigenvalue weighted by Gasteiger charge is 2.16. The van der Waals surface area contributed by atoms with Crippen LogP contribution in [0.1, 0.15) is 5.56 Å². The van der Waals surface area contributed by atoms with Gasteiger partial charge in [-0.2, -0.15) is 0 Å². The molecule has 8 nitrogen and oxygen atoms in total. The van der Waals surface area contributed by atoms with Crippen molar-refractivity contribution >= 4 is 21.1 Å². The van der Waals surface area contributed by atoms with E-state index in [0.29, 0.717) is 16.6 Å². The monoisotopic (exact) mass is 334 g/mol. The third-order valence-corrected chi connectivity index (χ3v) is 4.85. The van der Waals surface area contributed by atoms with Crippen molar-refractivity contribution < 1.29 is 8.42 Å². The summed E-state index contributed by atoms with van der Waals surface area (Å²) < 4.78 is 28.4. The topological polar surface area (TPSA) is 117 Å². The Morgan fingerprint density at radius 1 is 1.13 bits per heavy atom. The van der Waals surface area contributed by atoms with Crippen molar-refractivity contribution in [2.24, 2.45) is 7.05 Å². The Balaban J connectivity index is 1.89. The van der Waals surface area contributed by atoms with E-state index in [1.807, 2.05) is 0 Å². The number of aryl methyl sites for hydroxylation is 1. The molecular weight excluding hydrogens is 320 g/mol. The lowest BCUT2D eigenvalue weighted by Crippen LogP contribution is -2.28. The van der Waals surface area contributed by atoms with Crippen molar-refractivity contribution in [2.75, 3.05) is 0 Å². The fraction of sp³-hybridized carbons (Fsp3) is 0.143. The molecule has 0 amide bonds. The number of benzene rings is 1. The van der Waals surface area contributed by atoms with Crippen molar-refractivity contribution in [3.63, 3.8) is 0 Å². The van der Waals surface area contributed by atoms with E-state index in [1.165, 1.54) is 22.8 Å². The molecule has 2 heterocycles. The molecule has 23 heavy (non-hydrogen) atoms. The lowest BCUT2D eigenvalue weighted by Gasteiger charge is -2.07. The number of rotatable bonds is 4. The minimum atomic E-state index is -3.80. The molecule has 0 bridgehead atoms. The normalized spacial score (nSPS) is 11.9. The number of nitrogens with zero attached hydrogens (tertiary/aromatic N) is 1. The Labute approximate surface area is 130 Å². The minimum Gasteiger partial charge on any atom is -0.318 e. The highest BCUT2D eigenvalue weighted by atomic mass is 32.2. The third kappa shape index (κ3) is 2.96. The van der Waals surface area contributed by atoms with Gasteiger partial charge >= 0.3 is 5.69 Å². The number of hydrogen-bond donors (Lipinski definition) is 3. The number of imidazole rings is 1. The van der Waals surface area contributed by atoms with Gasteiger partial charge in [-0.15, -0.1) is 0 Å². The number of fused-ring (bicyclic) bond motifs is 1. The number of aromatic nitrogens is 3. The molecule has 120 valence electrons. The lowest BCUT2D eigenvalue weighted by molar-refractivity contribution is 0.581. The van der Waals surface area contributed by atoms with Crippen LogP contribution >= 0.6 is 0 Å². The van der Waals surface area contributed by atoms with Gasteiger partial charge in [0, 0.05) is 25.4 Å². The fourth-order valence-corrected chi connectivity index (χ4v) is 3.26. The van der Waals surface area contributed by atoms with Gasteiger partial charge in [0.2, 0.25) is 10.0 Å². The van der Waals surface area contributed by atoms with Crippen molar-refractivity contribution in [3.05, 3.63) is 62.9 Å². The number of pyridine rings is 1. The second-order valence-corrected chi connectivity index (χ2v) is 6.83. The lowest BCUT2D eigenvalue weighted by atomic mass is 10.3. The molecule has 3 aromatic rings. The molecule has 0 unspecified atom stereocenters. The number of aromatic amines is 2. The highest BCUT2D eigenvalue weighted by Crippen LogP contribution is 2.15. The molecule has 3 rings (SSSR count). The van der Waals surface area contributed by atoms with Crippen LogP contribution in [-0.4, -0.2) is 23.0 Å². The van der Waals surface area contributed by atoms with Crippen LogP contribution in [-0.2, 0) is 23.6 Å². The first-order valence-electron chi connectivity index (χ1n) is 6.73. The fourth-order valence-electron chi connectivity index (χ4n) is 2.22. The smallest absolute Gasteiger partial charge is 0.318 e. The van der Waals surface area contributed by atoms with Crippen molar-refractivity contribution in [2.45, 2.75) is 11.4 Å². The Hall–Kier alpha value is -2.65. The molecule has 2 aromatic heterocycles. The van der Waals surface area contributed by atoms with Gasteiger partial charge in [0.05, 0.1) is 15.9 Å². The average Bonchev–Trinajstić information content (AvgIpc) is 2.88. The zero-order chi connectivity index (χ0) is 16.6. The SMILES string of the molecule is Cn1cccc(CNS(=O)(=O)c2ccc3[nH]c(=O)[nH]c3c2)c1=O. The summed E-state index contributed by atoms with van der Waals surface area (Å²) in [5.41, 5.74) is 0.588. The molecule has 0 aliphatic heterocycles. The summed E-state index contributed by atoms with van der Waals surface area (Å²) in [7, 11) is -2.21. The van der Waals surface area contributed by atoms with E-state index in [-0.39, 0.29) is 17.0 Å². The number of sulfonamides is 1. The molecule has 3 N–H and O–H groups in total. The van der Waals surface area contributed by atoms with Crippen LogP contribution in [0.4, 0.5) is 0 Å². The van der Waals surface area contributed by atoms with Crippen molar-refractivity contribution in [1.29, 1.82) is 0 Å². The first kappa shape index (κ1) is 15.3. The van der Waals surface area contributed by atoms with Crippen molar-refractivity contribution in [1.82, 2.24) is 19.3 Å². The van der Waals surface area contributed by atoms with E-state index in [2.05, 4.69) is 14.7 Å². The molecule has 0 spiro atoms. The Kier molecular flexibility index (Phi) is 3.66. The molecule has 0 saturated heterocycles. The standard InChI is InChI=1S/C14H14N4O4S/c1-18-6-2-3-9(13(18)19)8-15-23(21,22)10-4-5-11-12(7-10)17-14(20)16-11/h2-7,15H,8H2,1H3,(H2,16,17,20). The van der Waals surface area contributed by atoms with E-state index < -0.39 is 15.7 Å². The quantitative estimate of drug-likeness (QED) is 0.624. The first-order chi connectivity index (χ1) is 10.9. The van der Waals surface area contributed by atoms with E-state index in [0.717, 1.165) is 0 Å². The van der Waals surface area contributed by atoms with E-state index in [4.69, 9.17) is 0 Å². The molecule has 0 fully saturated rings. The van der Waals surface area contributed by atoms with Gasteiger partial charge in [-0.25, -0.2) is 17.9 Å². The van der Waals surface area contributed by atoms with Crippen LogP contribution in [0.3, 0.4) is 0 Å². The third-order valence-electron chi connectivity index (χ3n) is 3.45. The van der Waals surface area contributed by atoms with Crippen molar-refractivity contribution in [3.8, 4) is 0 Å². The molecule has 0 atom stereocenters. The summed E-state index contributed by atoms with van der Waals surface area (Å²) in [4.78, 5) is 28.2. The maximum absolute atomic E-state index is 12.3. The summed E-state index contributed by atoms with van der Waals surface area (Å²) in [6, 6.07) is 7.48. The summed E-state index contributed by atoms with van der Waals surface area (Å²) in [5, 5.41) is 0. The van der Waals surface area contributed by atoms with Crippen LogP contribution in [0.25, 0.3) is 11.0 Å². The molecule has 0 aliphatic rings. The van der Waals surface area contributed by atoms with Crippen LogP contribution in [0.2, 0.25) is 0 Å². The molecule has 0 aliphatic carbocycles. The van der Waals surface area contributed by atoms with Gasteiger partial charge in [-0.05, 0) is 24.3 Å². The average molecular weight is 334 g/mol. The maximum atomic E-state index is 12.3. The van der Waals surface area contributed by atoms with E-state index >= 15 is 0 Å². The second kappa shape index (κ2) is 5.52. The molecule has 0 saturated carbocycles. The van der Waals surface area contributed by atoms with Crippen LogP contribution < -0.4 is 16.0 Å². The minimum absolute atomic E-state index is 0.00741. The number of nitrogens with one attached hydrogen (secondary N) is 3. The highest BCUT2D eigenvalue weighted by molar-refractivity contribution is 7.89. The zero-order valence-electron chi connectivity index (χ0n) is 12.2. The summed E-state index contributed by atoms with van der Waals surface area (Å²) in [6.07, 6.45) is 1.59. The summed E-state index contributed by atoms with van der Waals surface area (Å²) >= 11 is 0. The van der Waals surface area contributed by atoms with Gasteiger partial charge in [0.1, 0.15) is 0 Å². The van der Waals surface area contributed by atoms with Gasteiger partial charge in [0.25, 0.3) is 5.56 Å². The van der Waals surface area contributed by atoms with Crippen LogP contribution in [0, 0.1) is 0 Å². The Bertz CT molecular complexity index is 1090. The predicted molar refractivity (Wildman–Crippen MR) is 84.6 cm³/mol. The molecule has 9 heteroatoms. The van der Waals surface area contributed by atoms with Gasteiger partial charge in [0.15, 0.2) is 0 Å². The predicted octanol–water partition coefficient (Wildman–Crippen LogP) is 0.0334. The zero-order valence-corrected chi connectivity index (χ0v) is 13.0. The summed E-state index contributed by atoms with van der Waals surface area (Å²) in [6.45, 7) is -0.114. The molecule has 1 aromatic carbocycles. The van der Waals surface area contributed by atoms with E-state index in [1.54, 1.807) is 25.4 Å². The van der Waals surface area contributed by atoms with Crippen LogP contribution in [0.15, 0.2) is 51.0 Å². The van der Waals surface area contributed by atoms with Gasteiger partial charge in [-0.1, -0.05) is 6.07 Å². The molecular formula is C14H14N4O4S. The van der Waals surface area contributed by atoms with Gasteiger partial charge < -0.3 is 14.5 Å². The molecule has 0 radical (unpaired) electrons. The number of H-pyrrole nitrogens is 2. The second-order valence-electron chi connectivity index (χ2n) is 5.06. The number of hydrogen-bond acceptors (Lipinski definition) is 4. The maximum Gasteiger partial charge on any atom is 0.323 e. The first-order valence-corrected chi connectivity index (χ1v) is 8.21. The van der Waals surface area contributed by atoms with Crippen LogP contribution in [0.5, 0.6) is 0 Å². The summed E-state index contributed by atoms with van der Waals surface area (Å²) in [5.74, 6) is 0.